The highest BCUT2D eigenvalue weighted by atomic mass is 16.3. The molecule has 5 rings (SSSR count). The molecule has 0 aromatic rings. The van der Waals surface area contributed by atoms with Crippen molar-refractivity contribution >= 4 is 0 Å². The van der Waals surface area contributed by atoms with E-state index in [1.807, 2.05) is 7.05 Å². The lowest BCUT2D eigenvalue weighted by atomic mass is 9.43. The first-order valence-corrected chi connectivity index (χ1v) is 12.8. The van der Waals surface area contributed by atoms with Gasteiger partial charge in [-0.2, -0.15) is 0 Å². The second-order valence-electron chi connectivity index (χ2n) is 13.2. The summed E-state index contributed by atoms with van der Waals surface area (Å²) in [6.07, 6.45) is 12.2. The molecule has 0 heterocycles. The number of hydrogen-bond donors (Lipinski definition) is 3. The zero-order valence-electron chi connectivity index (χ0n) is 20.9. The Kier molecular flexibility index (Phi) is 4.75. The van der Waals surface area contributed by atoms with Gasteiger partial charge in [0, 0.05) is 23.4 Å². The smallest absolute Gasteiger partial charge is 0.0594 e. The largest absolute Gasteiger partial charge is 0.396 e. The fourth-order valence-electron chi connectivity index (χ4n) is 10.7. The first kappa shape index (κ1) is 22.4. The summed E-state index contributed by atoms with van der Waals surface area (Å²) < 4.78 is 0. The van der Waals surface area contributed by atoms with Crippen LogP contribution in [-0.4, -0.2) is 61.1 Å². The summed E-state index contributed by atoms with van der Waals surface area (Å²) >= 11 is 0. The van der Waals surface area contributed by atoms with Gasteiger partial charge in [-0.1, -0.05) is 32.9 Å². The van der Waals surface area contributed by atoms with E-state index in [1.54, 1.807) is 0 Å². The van der Waals surface area contributed by atoms with Gasteiger partial charge in [-0.3, -0.25) is 0 Å². The van der Waals surface area contributed by atoms with Crippen LogP contribution in [0.25, 0.3) is 0 Å². The molecule has 5 aliphatic rings. The van der Waals surface area contributed by atoms with Crippen molar-refractivity contribution < 1.29 is 10.2 Å². The van der Waals surface area contributed by atoms with Crippen LogP contribution in [-0.2, 0) is 0 Å². The lowest BCUT2D eigenvalue weighted by molar-refractivity contribution is -0.116. The van der Waals surface area contributed by atoms with Gasteiger partial charge in [-0.25, -0.2) is 0 Å². The third-order valence-electron chi connectivity index (χ3n) is 12.3. The predicted molar refractivity (Wildman–Crippen MR) is 126 cm³/mol. The zero-order chi connectivity index (χ0) is 22.6. The van der Waals surface area contributed by atoms with E-state index in [2.05, 4.69) is 64.2 Å². The maximum absolute atomic E-state index is 11.3. The van der Waals surface area contributed by atoms with E-state index in [0.29, 0.717) is 40.7 Å². The summed E-state index contributed by atoms with van der Waals surface area (Å²) in [7, 11) is 6.41. The molecule has 0 saturated heterocycles. The molecule has 0 amide bonds. The highest BCUT2D eigenvalue weighted by Gasteiger charge is 2.82. The van der Waals surface area contributed by atoms with E-state index in [-0.39, 0.29) is 29.0 Å². The van der Waals surface area contributed by atoms with Gasteiger partial charge in [-0.05, 0) is 100 Å². The molecular formula is C27H46N2O2. The van der Waals surface area contributed by atoms with Crippen molar-refractivity contribution in [3.63, 3.8) is 0 Å². The molecule has 0 radical (unpaired) electrons. The second-order valence-corrected chi connectivity index (χ2v) is 13.2. The Labute approximate surface area is 189 Å². The fourth-order valence-corrected chi connectivity index (χ4v) is 10.7. The summed E-state index contributed by atoms with van der Waals surface area (Å²) in [5.74, 6) is 1.33. The lowest BCUT2D eigenvalue weighted by Crippen LogP contribution is -2.60. The van der Waals surface area contributed by atoms with Gasteiger partial charge in [0.15, 0.2) is 0 Å². The molecule has 0 aliphatic heterocycles. The van der Waals surface area contributed by atoms with Gasteiger partial charge in [-0.15, -0.1) is 0 Å². The molecule has 0 aromatic carbocycles. The molecular weight excluding hydrogens is 384 g/mol. The second kappa shape index (κ2) is 6.58. The molecule has 176 valence electrons. The maximum Gasteiger partial charge on any atom is 0.0594 e. The Balaban J connectivity index is 1.57. The first-order valence-electron chi connectivity index (χ1n) is 12.8. The molecule has 0 aromatic heterocycles. The van der Waals surface area contributed by atoms with E-state index >= 15 is 0 Å². The van der Waals surface area contributed by atoms with Crippen LogP contribution in [0.1, 0.15) is 66.2 Å². The topological polar surface area (TPSA) is 55.7 Å². The van der Waals surface area contributed by atoms with E-state index < -0.39 is 0 Å². The predicted octanol–water partition coefficient (Wildman–Crippen LogP) is 3.68. The van der Waals surface area contributed by atoms with Crippen LogP contribution in [0.15, 0.2) is 12.2 Å². The number of allylic oxidation sites excluding steroid dienone is 2. The standard InChI is InChI=1S/C27H46N2O2/c1-17(28-5)22-18(31)14-25(4)20-9-8-19-23(2,16-30)21(29(6)7)10-11-26(19)15-27(20,26)13-12-24(22,25)3/h8-9,17-22,28,30-31H,10-16H2,1-7H3/t17-,18+,19+,20-,21-,22-,23+,24+,25-,26+,27-/m0/s1. The summed E-state index contributed by atoms with van der Waals surface area (Å²) in [5, 5.41) is 25.4. The van der Waals surface area contributed by atoms with Crippen LogP contribution in [0.3, 0.4) is 0 Å². The third-order valence-corrected chi connectivity index (χ3v) is 12.3. The molecule has 4 nitrogen and oxygen atoms in total. The number of hydrogen-bond acceptors (Lipinski definition) is 4. The van der Waals surface area contributed by atoms with Gasteiger partial charge >= 0.3 is 0 Å². The van der Waals surface area contributed by atoms with E-state index in [0.717, 1.165) is 6.42 Å². The van der Waals surface area contributed by atoms with Gasteiger partial charge in [0.05, 0.1) is 12.7 Å². The van der Waals surface area contributed by atoms with E-state index in [1.165, 1.54) is 32.1 Å². The minimum atomic E-state index is -0.222. The Hall–Kier alpha value is -0.420. The Morgan fingerprint density at radius 2 is 1.68 bits per heavy atom. The Bertz CT molecular complexity index is 783. The van der Waals surface area contributed by atoms with Crippen molar-refractivity contribution in [2.45, 2.75) is 84.4 Å². The average molecular weight is 431 g/mol. The van der Waals surface area contributed by atoms with Crippen LogP contribution in [0.2, 0.25) is 0 Å². The van der Waals surface area contributed by atoms with Crippen LogP contribution in [0, 0.1) is 44.8 Å². The normalized spacial score (nSPS) is 58.3. The first-order chi connectivity index (χ1) is 14.5. The average Bonchev–Trinajstić information content (AvgIpc) is 3.32. The summed E-state index contributed by atoms with van der Waals surface area (Å²) in [4.78, 5) is 2.36. The summed E-state index contributed by atoms with van der Waals surface area (Å²) in [5.41, 5.74) is 0.962. The molecule has 4 heteroatoms. The number of fused-ring (bicyclic) bond motifs is 2. The fraction of sp³-hybridized carbons (Fsp3) is 0.926. The minimum absolute atomic E-state index is 0.0766. The van der Waals surface area contributed by atoms with E-state index in [9.17, 15) is 10.2 Å². The Morgan fingerprint density at radius 3 is 2.29 bits per heavy atom. The van der Waals surface area contributed by atoms with Crippen LogP contribution in [0.5, 0.6) is 0 Å². The SMILES string of the molecule is CN[C@@H](C)[C@H]1[C@H](O)C[C@@]2(C)[C@@H]3C=C[C@@H]4[C@@](C)(CO)[C@@H](N(C)C)CC[C@@]45C[C@@]35CC[C@]12C. The van der Waals surface area contributed by atoms with Crippen molar-refractivity contribution in [3.05, 3.63) is 12.2 Å². The third kappa shape index (κ3) is 2.36. The monoisotopic (exact) mass is 430 g/mol. The molecule has 2 spiro atoms. The number of nitrogens with zero attached hydrogens (tertiary/aromatic N) is 1. The van der Waals surface area contributed by atoms with E-state index in [4.69, 9.17) is 0 Å². The Morgan fingerprint density at radius 1 is 1.03 bits per heavy atom. The lowest BCUT2D eigenvalue weighted by Gasteiger charge is -2.62. The van der Waals surface area contributed by atoms with Gasteiger partial charge in [0.25, 0.3) is 0 Å². The zero-order valence-corrected chi connectivity index (χ0v) is 20.9. The molecule has 3 N–H and O–H groups in total. The minimum Gasteiger partial charge on any atom is -0.396 e. The number of aliphatic hydroxyl groups excluding tert-OH is 2. The number of aliphatic hydroxyl groups is 2. The van der Waals surface area contributed by atoms with Crippen molar-refractivity contribution in [1.82, 2.24) is 10.2 Å². The van der Waals surface area contributed by atoms with Gasteiger partial charge in [0.1, 0.15) is 0 Å². The highest BCUT2D eigenvalue weighted by Crippen LogP contribution is 2.87. The van der Waals surface area contributed by atoms with Crippen LogP contribution >= 0.6 is 0 Å². The van der Waals surface area contributed by atoms with Gasteiger partial charge < -0.3 is 20.4 Å². The maximum atomic E-state index is 11.3. The van der Waals surface area contributed by atoms with Crippen LogP contribution in [0.4, 0.5) is 0 Å². The number of nitrogens with one attached hydrogen (secondary N) is 1. The molecule has 0 bridgehead atoms. The number of rotatable bonds is 4. The molecule has 5 aliphatic carbocycles. The molecule has 31 heavy (non-hydrogen) atoms. The van der Waals surface area contributed by atoms with Crippen molar-refractivity contribution in [3.8, 4) is 0 Å². The molecule has 4 fully saturated rings. The van der Waals surface area contributed by atoms with Crippen molar-refractivity contribution in [1.29, 1.82) is 0 Å². The van der Waals surface area contributed by atoms with Crippen molar-refractivity contribution in [2.24, 2.45) is 44.8 Å². The quantitative estimate of drug-likeness (QED) is 0.596. The molecule has 11 atom stereocenters. The highest BCUT2D eigenvalue weighted by molar-refractivity contribution is 5.37. The van der Waals surface area contributed by atoms with Gasteiger partial charge in [0.2, 0.25) is 0 Å². The molecule has 0 unspecified atom stereocenters. The summed E-state index contributed by atoms with van der Waals surface area (Å²) in [6, 6.07) is 0.767. The summed E-state index contributed by atoms with van der Waals surface area (Å²) in [6.45, 7) is 9.87. The van der Waals surface area contributed by atoms with Crippen LogP contribution < -0.4 is 5.32 Å². The van der Waals surface area contributed by atoms with Crippen molar-refractivity contribution in [2.75, 3.05) is 27.7 Å². The molecule has 4 saturated carbocycles.